The summed E-state index contributed by atoms with van der Waals surface area (Å²) in [5.74, 6) is 0.936. The van der Waals surface area contributed by atoms with Crippen molar-refractivity contribution in [2.45, 2.75) is 46.3 Å². The highest BCUT2D eigenvalue weighted by atomic mass is 32.1. The van der Waals surface area contributed by atoms with Crippen molar-refractivity contribution >= 4 is 17.2 Å². The van der Waals surface area contributed by atoms with E-state index in [1.807, 2.05) is 12.4 Å². The van der Waals surface area contributed by atoms with E-state index in [9.17, 15) is 0 Å². The van der Waals surface area contributed by atoms with Crippen molar-refractivity contribution in [1.82, 2.24) is 15.3 Å². The minimum Gasteiger partial charge on any atom is -0.350 e. The van der Waals surface area contributed by atoms with Crippen LogP contribution in [0.5, 0.6) is 0 Å². The van der Waals surface area contributed by atoms with Gasteiger partial charge in [-0.3, -0.25) is 4.98 Å². The van der Waals surface area contributed by atoms with E-state index in [1.54, 1.807) is 11.3 Å². The SMILES string of the molecule is CCN(Cc1cccs1)c1cnc(CNC(C)(C)C)cn1. The third-order valence-corrected chi connectivity index (χ3v) is 3.99. The fraction of sp³-hybridized carbons (Fsp3) is 0.500. The van der Waals surface area contributed by atoms with Crippen LogP contribution in [-0.4, -0.2) is 22.1 Å². The number of nitrogens with zero attached hydrogens (tertiary/aromatic N) is 3. The van der Waals surface area contributed by atoms with Gasteiger partial charge < -0.3 is 10.2 Å². The second-order valence-electron chi connectivity index (χ2n) is 6.06. The van der Waals surface area contributed by atoms with Gasteiger partial charge in [-0.25, -0.2) is 4.98 Å². The molecule has 4 nitrogen and oxygen atoms in total. The predicted molar refractivity (Wildman–Crippen MR) is 89.7 cm³/mol. The molecule has 0 unspecified atom stereocenters. The fourth-order valence-electron chi connectivity index (χ4n) is 1.90. The van der Waals surface area contributed by atoms with Gasteiger partial charge in [-0.05, 0) is 39.1 Å². The molecule has 0 atom stereocenters. The van der Waals surface area contributed by atoms with Crippen LogP contribution in [0.2, 0.25) is 0 Å². The van der Waals surface area contributed by atoms with Crippen molar-refractivity contribution < 1.29 is 0 Å². The van der Waals surface area contributed by atoms with Gasteiger partial charge in [0, 0.05) is 23.5 Å². The fourth-order valence-corrected chi connectivity index (χ4v) is 2.62. The van der Waals surface area contributed by atoms with Crippen LogP contribution in [0.25, 0.3) is 0 Å². The summed E-state index contributed by atoms with van der Waals surface area (Å²) in [6.45, 7) is 11.1. The van der Waals surface area contributed by atoms with Gasteiger partial charge in [0.1, 0.15) is 5.82 Å². The van der Waals surface area contributed by atoms with Crippen LogP contribution in [0.15, 0.2) is 29.9 Å². The Bertz CT molecular complexity index is 528. The second-order valence-corrected chi connectivity index (χ2v) is 7.10. The molecule has 2 aromatic rings. The molecule has 0 aromatic carbocycles. The van der Waals surface area contributed by atoms with Crippen LogP contribution in [0.3, 0.4) is 0 Å². The Morgan fingerprint density at radius 1 is 1.24 bits per heavy atom. The van der Waals surface area contributed by atoms with Gasteiger partial charge in [-0.15, -0.1) is 11.3 Å². The summed E-state index contributed by atoms with van der Waals surface area (Å²) in [7, 11) is 0. The molecule has 0 bridgehead atoms. The molecule has 0 radical (unpaired) electrons. The summed E-state index contributed by atoms with van der Waals surface area (Å²) in [5.41, 5.74) is 1.07. The number of hydrogen-bond acceptors (Lipinski definition) is 5. The van der Waals surface area contributed by atoms with E-state index in [1.165, 1.54) is 4.88 Å². The first kappa shape index (κ1) is 15.9. The van der Waals surface area contributed by atoms with E-state index in [4.69, 9.17) is 0 Å². The van der Waals surface area contributed by atoms with Crippen molar-refractivity contribution in [2.75, 3.05) is 11.4 Å². The Morgan fingerprint density at radius 2 is 2.05 bits per heavy atom. The molecule has 2 rings (SSSR count). The number of nitrogens with one attached hydrogen (secondary N) is 1. The number of thiophene rings is 1. The zero-order chi connectivity index (χ0) is 15.3. The lowest BCUT2D eigenvalue weighted by Crippen LogP contribution is -2.35. The Kier molecular flexibility index (Phi) is 5.31. The van der Waals surface area contributed by atoms with Crippen LogP contribution < -0.4 is 10.2 Å². The van der Waals surface area contributed by atoms with Crippen LogP contribution in [-0.2, 0) is 13.1 Å². The number of rotatable bonds is 6. The zero-order valence-corrected chi connectivity index (χ0v) is 14.1. The standard InChI is InChI=1S/C16H24N4S/c1-5-20(12-14-7-6-8-21-14)15-11-17-13(9-18-15)10-19-16(2,3)4/h6-9,11,19H,5,10,12H2,1-4H3. The Morgan fingerprint density at radius 3 is 2.57 bits per heavy atom. The molecule has 0 spiro atoms. The quantitative estimate of drug-likeness (QED) is 0.887. The molecule has 0 saturated carbocycles. The average molecular weight is 304 g/mol. The molecule has 21 heavy (non-hydrogen) atoms. The second kappa shape index (κ2) is 7.00. The van der Waals surface area contributed by atoms with Gasteiger partial charge in [0.2, 0.25) is 0 Å². The molecule has 1 N–H and O–H groups in total. The topological polar surface area (TPSA) is 41.1 Å². The van der Waals surface area contributed by atoms with E-state index >= 15 is 0 Å². The third kappa shape index (κ3) is 5.10. The van der Waals surface area contributed by atoms with Crippen molar-refractivity contribution in [3.8, 4) is 0 Å². The first-order valence-corrected chi connectivity index (χ1v) is 8.19. The van der Waals surface area contributed by atoms with Gasteiger partial charge >= 0.3 is 0 Å². The smallest absolute Gasteiger partial charge is 0.147 e. The van der Waals surface area contributed by atoms with Crippen molar-refractivity contribution in [1.29, 1.82) is 0 Å². The van der Waals surface area contributed by atoms with Crippen LogP contribution >= 0.6 is 11.3 Å². The molecule has 2 heterocycles. The number of aromatic nitrogens is 2. The molecule has 0 saturated heterocycles. The maximum Gasteiger partial charge on any atom is 0.147 e. The minimum absolute atomic E-state index is 0.0922. The zero-order valence-electron chi connectivity index (χ0n) is 13.3. The Labute approximate surface area is 131 Å². The van der Waals surface area contributed by atoms with E-state index in [0.717, 1.165) is 31.1 Å². The van der Waals surface area contributed by atoms with E-state index in [0.29, 0.717) is 0 Å². The summed E-state index contributed by atoms with van der Waals surface area (Å²) in [5, 5.41) is 5.53. The highest BCUT2D eigenvalue weighted by Gasteiger charge is 2.11. The summed E-state index contributed by atoms with van der Waals surface area (Å²) in [6.07, 6.45) is 3.74. The van der Waals surface area contributed by atoms with Crippen LogP contribution in [0, 0.1) is 0 Å². The molecular formula is C16H24N4S. The highest BCUT2D eigenvalue weighted by molar-refractivity contribution is 7.09. The molecule has 5 heteroatoms. The molecule has 2 aromatic heterocycles. The van der Waals surface area contributed by atoms with Gasteiger partial charge in [0.05, 0.1) is 24.6 Å². The molecular weight excluding hydrogens is 280 g/mol. The van der Waals surface area contributed by atoms with E-state index < -0.39 is 0 Å². The normalized spacial score (nSPS) is 11.6. The lowest BCUT2D eigenvalue weighted by Gasteiger charge is -2.22. The largest absolute Gasteiger partial charge is 0.350 e. The van der Waals surface area contributed by atoms with Crippen LogP contribution in [0.1, 0.15) is 38.3 Å². The molecule has 0 aliphatic heterocycles. The lowest BCUT2D eigenvalue weighted by molar-refractivity contribution is 0.421. The molecule has 0 aliphatic rings. The summed E-state index contributed by atoms with van der Waals surface area (Å²) in [4.78, 5) is 12.7. The lowest BCUT2D eigenvalue weighted by atomic mass is 10.1. The van der Waals surface area contributed by atoms with Crippen molar-refractivity contribution in [3.63, 3.8) is 0 Å². The van der Waals surface area contributed by atoms with Gasteiger partial charge in [0.15, 0.2) is 0 Å². The number of anilines is 1. The van der Waals surface area contributed by atoms with Gasteiger partial charge in [-0.2, -0.15) is 0 Å². The summed E-state index contributed by atoms with van der Waals surface area (Å²) >= 11 is 1.78. The van der Waals surface area contributed by atoms with Crippen molar-refractivity contribution in [3.05, 3.63) is 40.5 Å². The first-order chi connectivity index (χ1) is 9.98. The summed E-state index contributed by atoms with van der Waals surface area (Å²) < 4.78 is 0. The van der Waals surface area contributed by atoms with Crippen molar-refractivity contribution in [2.24, 2.45) is 0 Å². The van der Waals surface area contributed by atoms with Gasteiger partial charge in [-0.1, -0.05) is 6.07 Å². The molecule has 114 valence electrons. The third-order valence-electron chi connectivity index (χ3n) is 3.12. The molecule has 0 aliphatic carbocycles. The first-order valence-electron chi connectivity index (χ1n) is 7.31. The molecule has 0 fully saturated rings. The monoisotopic (exact) mass is 304 g/mol. The van der Waals surface area contributed by atoms with E-state index in [-0.39, 0.29) is 5.54 Å². The predicted octanol–water partition coefficient (Wildman–Crippen LogP) is 3.45. The Hall–Kier alpha value is -1.46. The van der Waals surface area contributed by atoms with Gasteiger partial charge in [0.25, 0.3) is 0 Å². The van der Waals surface area contributed by atoms with E-state index in [2.05, 4.69) is 65.4 Å². The molecule has 0 amide bonds. The Balaban J connectivity index is 1.99. The average Bonchev–Trinajstić information content (AvgIpc) is 2.95. The maximum atomic E-state index is 4.56. The summed E-state index contributed by atoms with van der Waals surface area (Å²) in [6, 6.07) is 4.24. The van der Waals surface area contributed by atoms with Crippen LogP contribution in [0.4, 0.5) is 5.82 Å². The maximum absolute atomic E-state index is 4.56. The minimum atomic E-state index is 0.0922. The number of hydrogen-bond donors (Lipinski definition) is 1. The highest BCUT2D eigenvalue weighted by Crippen LogP contribution is 2.16.